The van der Waals surface area contributed by atoms with Crippen LogP contribution in [0.4, 0.5) is 0 Å². The maximum absolute atomic E-state index is 12.8. The number of hydrogen-bond acceptors (Lipinski definition) is 4. The average molecular weight is 340 g/mol. The molecule has 0 bridgehead atoms. The number of carbonyl (C=O) groups excluding carboxylic acids is 1. The van der Waals surface area contributed by atoms with Crippen molar-refractivity contribution < 1.29 is 17.9 Å². The molecule has 1 aliphatic heterocycles. The van der Waals surface area contributed by atoms with Gasteiger partial charge >= 0.3 is 0 Å². The van der Waals surface area contributed by atoms with E-state index in [0.717, 1.165) is 0 Å². The molecule has 128 valence electrons. The fourth-order valence-electron chi connectivity index (χ4n) is 2.63. The van der Waals surface area contributed by atoms with Gasteiger partial charge in [-0.25, -0.2) is 8.42 Å². The monoisotopic (exact) mass is 340 g/mol. The molecule has 7 heteroatoms. The van der Waals surface area contributed by atoms with Crippen molar-refractivity contribution in [2.24, 2.45) is 5.92 Å². The highest BCUT2D eigenvalue weighted by Gasteiger charge is 2.31. The zero-order valence-corrected chi connectivity index (χ0v) is 14.7. The summed E-state index contributed by atoms with van der Waals surface area (Å²) in [5.74, 6) is 0.734. The van der Waals surface area contributed by atoms with Gasteiger partial charge in [-0.15, -0.1) is 0 Å². The molecule has 0 aromatic heterocycles. The summed E-state index contributed by atoms with van der Waals surface area (Å²) in [6, 6.07) is 6.60. The number of sulfonamides is 1. The summed E-state index contributed by atoms with van der Waals surface area (Å²) in [5, 5.41) is 0. The number of piperazine rings is 1. The van der Waals surface area contributed by atoms with Gasteiger partial charge in [0.1, 0.15) is 10.6 Å². The SMILES string of the molecule is COc1ccccc1S(=O)(=O)N1CCN(C(=O)CC(C)C)CC1. The van der Waals surface area contributed by atoms with Gasteiger partial charge in [0.15, 0.2) is 0 Å². The lowest BCUT2D eigenvalue weighted by atomic mass is 10.1. The van der Waals surface area contributed by atoms with E-state index in [2.05, 4.69) is 0 Å². The number of nitrogens with zero attached hydrogens (tertiary/aromatic N) is 2. The molecule has 2 rings (SSSR count). The summed E-state index contributed by atoms with van der Waals surface area (Å²) < 4.78 is 32.1. The Morgan fingerprint density at radius 1 is 1.17 bits per heavy atom. The van der Waals surface area contributed by atoms with Gasteiger partial charge < -0.3 is 9.64 Å². The third kappa shape index (κ3) is 4.03. The van der Waals surface area contributed by atoms with Crippen LogP contribution in [0.2, 0.25) is 0 Å². The number of methoxy groups -OCH3 is 1. The Balaban J connectivity index is 2.08. The smallest absolute Gasteiger partial charge is 0.246 e. The Kier molecular flexibility index (Phi) is 5.64. The van der Waals surface area contributed by atoms with E-state index >= 15 is 0 Å². The van der Waals surface area contributed by atoms with Crippen molar-refractivity contribution in [1.29, 1.82) is 0 Å². The summed E-state index contributed by atoms with van der Waals surface area (Å²) in [7, 11) is -2.15. The molecular weight excluding hydrogens is 316 g/mol. The second-order valence-electron chi connectivity index (χ2n) is 6.03. The highest BCUT2D eigenvalue weighted by atomic mass is 32.2. The van der Waals surface area contributed by atoms with Crippen LogP contribution in [0.15, 0.2) is 29.2 Å². The van der Waals surface area contributed by atoms with Crippen LogP contribution < -0.4 is 4.74 Å². The standard InChI is InChI=1S/C16H24N2O4S/c1-13(2)12-16(19)17-8-10-18(11-9-17)23(20,21)15-7-5-4-6-14(15)22-3/h4-7,13H,8-12H2,1-3H3. The minimum Gasteiger partial charge on any atom is -0.495 e. The van der Waals surface area contributed by atoms with Gasteiger partial charge in [0, 0.05) is 32.6 Å². The van der Waals surface area contributed by atoms with E-state index < -0.39 is 10.0 Å². The third-order valence-electron chi connectivity index (χ3n) is 3.86. The molecule has 0 spiro atoms. The first kappa shape index (κ1) is 17.7. The zero-order chi connectivity index (χ0) is 17.0. The van der Waals surface area contributed by atoms with E-state index in [9.17, 15) is 13.2 Å². The predicted molar refractivity (Wildman–Crippen MR) is 87.8 cm³/mol. The topological polar surface area (TPSA) is 66.9 Å². The van der Waals surface area contributed by atoms with E-state index in [1.165, 1.54) is 11.4 Å². The summed E-state index contributed by atoms with van der Waals surface area (Å²) in [4.78, 5) is 14.0. The van der Waals surface area contributed by atoms with Crippen molar-refractivity contribution in [2.75, 3.05) is 33.3 Å². The molecule has 0 unspecified atom stereocenters. The molecule has 1 aromatic carbocycles. The molecule has 0 radical (unpaired) electrons. The minimum atomic E-state index is -3.61. The second kappa shape index (κ2) is 7.31. The van der Waals surface area contributed by atoms with Crippen molar-refractivity contribution in [1.82, 2.24) is 9.21 Å². The van der Waals surface area contributed by atoms with Crippen LogP contribution in [-0.2, 0) is 14.8 Å². The molecule has 1 saturated heterocycles. The van der Waals surface area contributed by atoms with E-state index in [1.54, 1.807) is 29.2 Å². The fraction of sp³-hybridized carbons (Fsp3) is 0.562. The molecular formula is C16H24N2O4S. The number of amides is 1. The zero-order valence-electron chi connectivity index (χ0n) is 13.9. The third-order valence-corrected chi connectivity index (χ3v) is 5.80. The number of carbonyl (C=O) groups is 1. The van der Waals surface area contributed by atoms with Gasteiger partial charge in [-0.1, -0.05) is 26.0 Å². The normalized spacial score (nSPS) is 16.6. The van der Waals surface area contributed by atoms with Crippen LogP contribution in [0, 0.1) is 5.92 Å². The van der Waals surface area contributed by atoms with Crippen molar-refractivity contribution in [3.8, 4) is 5.75 Å². The molecule has 0 N–H and O–H groups in total. The number of benzene rings is 1. The van der Waals surface area contributed by atoms with Gasteiger partial charge in [-0.3, -0.25) is 4.79 Å². The first-order chi connectivity index (χ1) is 10.9. The fourth-order valence-corrected chi connectivity index (χ4v) is 4.21. The first-order valence-electron chi connectivity index (χ1n) is 7.77. The van der Waals surface area contributed by atoms with Crippen LogP contribution in [0.1, 0.15) is 20.3 Å². The summed E-state index contributed by atoms with van der Waals surface area (Å²) in [6.45, 7) is 5.48. The summed E-state index contributed by atoms with van der Waals surface area (Å²) >= 11 is 0. The van der Waals surface area contributed by atoms with Gasteiger partial charge in [0.25, 0.3) is 0 Å². The average Bonchev–Trinajstić information content (AvgIpc) is 2.54. The van der Waals surface area contributed by atoms with Gasteiger partial charge in [0.05, 0.1) is 7.11 Å². The van der Waals surface area contributed by atoms with Crippen LogP contribution in [-0.4, -0.2) is 56.8 Å². The Hall–Kier alpha value is -1.60. The molecule has 0 aliphatic carbocycles. The van der Waals surface area contributed by atoms with Crippen molar-refractivity contribution in [3.63, 3.8) is 0 Å². The highest BCUT2D eigenvalue weighted by Crippen LogP contribution is 2.27. The molecule has 1 amide bonds. The van der Waals surface area contributed by atoms with Crippen molar-refractivity contribution >= 4 is 15.9 Å². The second-order valence-corrected chi connectivity index (χ2v) is 7.94. The van der Waals surface area contributed by atoms with E-state index in [0.29, 0.717) is 44.3 Å². The van der Waals surface area contributed by atoms with Crippen LogP contribution in [0.3, 0.4) is 0 Å². The maximum Gasteiger partial charge on any atom is 0.246 e. The Labute approximate surface area is 138 Å². The Morgan fingerprint density at radius 3 is 2.35 bits per heavy atom. The maximum atomic E-state index is 12.8. The lowest BCUT2D eigenvalue weighted by Crippen LogP contribution is -2.50. The van der Waals surface area contributed by atoms with E-state index in [1.807, 2.05) is 13.8 Å². The molecule has 1 aromatic rings. The molecule has 0 atom stereocenters. The quantitative estimate of drug-likeness (QED) is 0.816. The molecule has 1 aliphatic rings. The molecule has 1 heterocycles. The van der Waals surface area contributed by atoms with E-state index in [-0.39, 0.29) is 10.8 Å². The molecule has 6 nitrogen and oxygen atoms in total. The largest absolute Gasteiger partial charge is 0.495 e. The molecule has 1 fully saturated rings. The number of hydrogen-bond donors (Lipinski definition) is 0. The van der Waals surface area contributed by atoms with Crippen molar-refractivity contribution in [2.45, 2.75) is 25.2 Å². The Bertz CT molecular complexity index is 650. The van der Waals surface area contributed by atoms with Gasteiger partial charge in [-0.2, -0.15) is 4.31 Å². The lowest BCUT2D eigenvalue weighted by Gasteiger charge is -2.34. The highest BCUT2D eigenvalue weighted by molar-refractivity contribution is 7.89. The Morgan fingerprint density at radius 2 is 1.78 bits per heavy atom. The lowest BCUT2D eigenvalue weighted by molar-refractivity contribution is -0.133. The molecule has 0 saturated carbocycles. The minimum absolute atomic E-state index is 0.0920. The van der Waals surface area contributed by atoms with Crippen LogP contribution >= 0.6 is 0 Å². The first-order valence-corrected chi connectivity index (χ1v) is 9.21. The van der Waals surface area contributed by atoms with Crippen LogP contribution in [0.5, 0.6) is 5.75 Å². The van der Waals surface area contributed by atoms with Gasteiger partial charge in [0.2, 0.25) is 15.9 Å². The molecule has 23 heavy (non-hydrogen) atoms. The van der Waals surface area contributed by atoms with Crippen molar-refractivity contribution in [3.05, 3.63) is 24.3 Å². The van der Waals surface area contributed by atoms with E-state index in [4.69, 9.17) is 4.74 Å². The number of rotatable bonds is 5. The van der Waals surface area contributed by atoms with Crippen LogP contribution in [0.25, 0.3) is 0 Å². The van der Waals surface area contributed by atoms with Gasteiger partial charge in [-0.05, 0) is 18.1 Å². The predicted octanol–water partition coefficient (Wildman–Crippen LogP) is 1.57. The summed E-state index contributed by atoms with van der Waals surface area (Å²) in [6.07, 6.45) is 0.499. The number of para-hydroxylation sites is 1. The summed E-state index contributed by atoms with van der Waals surface area (Å²) in [5.41, 5.74) is 0. The number of ether oxygens (including phenoxy) is 1.